The number of para-hydroxylation sites is 1. The van der Waals surface area contributed by atoms with Crippen LogP contribution in [0.5, 0.6) is 0 Å². The molecule has 6 heteroatoms. The third kappa shape index (κ3) is 4.97. The van der Waals surface area contributed by atoms with Gasteiger partial charge in [-0.2, -0.15) is 18.3 Å². The van der Waals surface area contributed by atoms with Gasteiger partial charge in [-0.25, -0.2) is 0 Å². The van der Waals surface area contributed by atoms with Crippen molar-refractivity contribution in [3.63, 3.8) is 0 Å². The molecule has 2 rings (SSSR count). The number of hydrazone groups is 1. The maximum absolute atomic E-state index is 12.2. The molecule has 2 nitrogen and oxygen atoms in total. The predicted molar refractivity (Wildman–Crippen MR) is 76.0 cm³/mol. The van der Waals surface area contributed by atoms with Crippen molar-refractivity contribution in [2.24, 2.45) is 5.10 Å². The standard InChI is InChI=1S/C14H11F3N2S/c15-14(16,17)20-13-8-6-11(7-9-13)10-18-19-12-4-2-1-3-5-12/h1-10,19H. The lowest BCUT2D eigenvalue weighted by Crippen LogP contribution is -1.98. The first-order valence-electron chi connectivity index (χ1n) is 5.73. The lowest BCUT2D eigenvalue weighted by molar-refractivity contribution is -0.0328. The number of nitrogens with zero attached hydrogens (tertiary/aromatic N) is 1. The minimum Gasteiger partial charge on any atom is -0.279 e. The number of alkyl halides is 3. The Morgan fingerprint density at radius 2 is 1.60 bits per heavy atom. The lowest BCUT2D eigenvalue weighted by Gasteiger charge is -2.05. The smallest absolute Gasteiger partial charge is 0.279 e. The van der Waals surface area contributed by atoms with Crippen LogP contribution < -0.4 is 5.43 Å². The van der Waals surface area contributed by atoms with E-state index in [1.54, 1.807) is 18.3 Å². The summed E-state index contributed by atoms with van der Waals surface area (Å²) in [5.74, 6) is 0. The van der Waals surface area contributed by atoms with Crippen LogP contribution in [0.15, 0.2) is 64.6 Å². The van der Waals surface area contributed by atoms with Crippen LogP contribution in [0.4, 0.5) is 18.9 Å². The molecule has 0 spiro atoms. The van der Waals surface area contributed by atoms with E-state index in [1.807, 2.05) is 30.3 Å². The summed E-state index contributed by atoms with van der Waals surface area (Å²) in [5.41, 5.74) is 0.134. The van der Waals surface area contributed by atoms with Gasteiger partial charge in [0.1, 0.15) is 0 Å². The highest BCUT2D eigenvalue weighted by atomic mass is 32.2. The van der Waals surface area contributed by atoms with Crippen LogP contribution >= 0.6 is 11.8 Å². The molecule has 1 N–H and O–H groups in total. The average molecular weight is 296 g/mol. The highest BCUT2D eigenvalue weighted by Gasteiger charge is 2.28. The largest absolute Gasteiger partial charge is 0.446 e. The maximum Gasteiger partial charge on any atom is 0.446 e. The number of benzene rings is 2. The SMILES string of the molecule is FC(F)(F)Sc1ccc(C=NNc2ccccc2)cc1. The van der Waals surface area contributed by atoms with Crippen LogP contribution in [0, 0.1) is 0 Å². The molecule has 0 radical (unpaired) electrons. The Hall–Kier alpha value is -1.95. The Morgan fingerprint density at radius 3 is 2.20 bits per heavy atom. The van der Waals surface area contributed by atoms with Gasteiger partial charge in [-0.3, -0.25) is 5.43 Å². The Labute approximate surface area is 118 Å². The number of anilines is 1. The predicted octanol–water partition coefficient (Wildman–Crippen LogP) is 4.74. The molecule has 0 aliphatic rings. The quantitative estimate of drug-likeness (QED) is 0.500. The minimum atomic E-state index is -4.26. The van der Waals surface area contributed by atoms with Crippen molar-refractivity contribution in [2.75, 3.05) is 5.43 Å². The molecule has 0 aromatic heterocycles. The monoisotopic (exact) mass is 296 g/mol. The summed E-state index contributed by atoms with van der Waals surface area (Å²) in [7, 11) is 0. The number of nitrogens with one attached hydrogen (secondary N) is 1. The molecule has 20 heavy (non-hydrogen) atoms. The van der Waals surface area contributed by atoms with E-state index in [0.29, 0.717) is 0 Å². The Morgan fingerprint density at radius 1 is 0.950 bits per heavy atom. The summed E-state index contributed by atoms with van der Waals surface area (Å²) in [5, 5.41) is 4.01. The van der Waals surface area contributed by atoms with Gasteiger partial charge >= 0.3 is 5.51 Å². The van der Waals surface area contributed by atoms with Crippen LogP contribution in [-0.4, -0.2) is 11.7 Å². The first-order valence-corrected chi connectivity index (χ1v) is 6.54. The highest BCUT2D eigenvalue weighted by molar-refractivity contribution is 8.00. The Kier molecular flexibility index (Phi) is 4.68. The van der Waals surface area contributed by atoms with Gasteiger partial charge in [0.15, 0.2) is 0 Å². The Bertz CT molecular complexity index is 565. The van der Waals surface area contributed by atoms with Crippen LogP contribution in [0.3, 0.4) is 0 Å². The molecule has 0 aliphatic heterocycles. The molecule has 104 valence electrons. The van der Waals surface area contributed by atoms with Gasteiger partial charge < -0.3 is 0 Å². The summed E-state index contributed by atoms with van der Waals surface area (Å²) >= 11 is -0.130. The van der Waals surface area contributed by atoms with Crippen molar-refractivity contribution in [1.82, 2.24) is 0 Å². The first kappa shape index (κ1) is 14.5. The number of hydrogen-bond donors (Lipinski definition) is 1. The number of rotatable bonds is 4. The van der Waals surface area contributed by atoms with E-state index >= 15 is 0 Å². The van der Waals surface area contributed by atoms with E-state index in [4.69, 9.17) is 0 Å². The van der Waals surface area contributed by atoms with Crippen molar-refractivity contribution in [3.8, 4) is 0 Å². The van der Waals surface area contributed by atoms with Crippen molar-refractivity contribution in [2.45, 2.75) is 10.4 Å². The molecule has 2 aromatic rings. The number of halogens is 3. The summed E-state index contributed by atoms with van der Waals surface area (Å²) in [6.07, 6.45) is 1.55. The van der Waals surface area contributed by atoms with Crippen LogP contribution in [0.1, 0.15) is 5.56 Å². The zero-order valence-electron chi connectivity index (χ0n) is 10.3. The van der Waals surface area contributed by atoms with Crippen molar-refractivity contribution in [1.29, 1.82) is 0 Å². The van der Waals surface area contributed by atoms with Gasteiger partial charge in [0, 0.05) is 4.90 Å². The first-order chi connectivity index (χ1) is 9.53. The summed E-state index contributed by atoms with van der Waals surface area (Å²) in [4.78, 5) is 0.158. The van der Waals surface area contributed by atoms with E-state index in [2.05, 4.69) is 10.5 Å². The van der Waals surface area contributed by atoms with E-state index in [9.17, 15) is 13.2 Å². The topological polar surface area (TPSA) is 24.4 Å². The molecule has 0 atom stereocenters. The minimum absolute atomic E-state index is 0.130. The van der Waals surface area contributed by atoms with Crippen LogP contribution in [-0.2, 0) is 0 Å². The zero-order valence-corrected chi connectivity index (χ0v) is 11.1. The molecule has 0 unspecified atom stereocenters. The summed E-state index contributed by atoms with van der Waals surface area (Å²) in [6.45, 7) is 0. The third-order valence-corrected chi connectivity index (χ3v) is 3.03. The normalized spacial score (nSPS) is 11.8. The van der Waals surface area contributed by atoms with E-state index in [1.165, 1.54) is 12.1 Å². The number of hydrogen-bond acceptors (Lipinski definition) is 3. The van der Waals surface area contributed by atoms with Gasteiger partial charge in [-0.1, -0.05) is 30.3 Å². The summed E-state index contributed by atoms with van der Waals surface area (Å²) in [6, 6.07) is 15.4. The molecule has 0 saturated carbocycles. The van der Waals surface area contributed by atoms with E-state index < -0.39 is 5.51 Å². The van der Waals surface area contributed by atoms with Gasteiger partial charge in [-0.15, -0.1) is 0 Å². The Balaban J connectivity index is 1.94. The average Bonchev–Trinajstić information content (AvgIpc) is 2.40. The maximum atomic E-state index is 12.2. The van der Waals surface area contributed by atoms with Gasteiger partial charge in [0.05, 0.1) is 11.9 Å². The third-order valence-electron chi connectivity index (χ3n) is 2.29. The summed E-state index contributed by atoms with van der Waals surface area (Å²) < 4.78 is 36.5. The molecular formula is C14H11F3N2S. The fourth-order valence-corrected chi connectivity index (χ4v) is 1.99. The van der Waals surface area contributed by atoms with Gasteiger partial charge in [0.25, 0.3) is 0 Å². The molecule has 0 aliphatic carbocycles. The molecule has 0 fully saturated rings. The highest BCUT2D eigenvalue weighted by Crippen LogP contribution is 2.36. The van der Waals surface area contributed by atoms with Crippen molar-refractivity contribution in [3.05, 3.63) is 60.2 Å². The molecule has 2 aromatic carbocycles. The lowest BCUT2D eigenvalue weighted by atomic mass is 10.2. The van der Waals surface area contributed by atoms with Crippen molar-refractivity contribution < 1.29 is 13.2 Å². The van der Waals surface area contributed by atoms with Crippen molar-refractivity contribution >= 4 is 23.7 Å². The molecule has 0 saturated heterocycles. The molecule has 0 heterocycles. The van der Waals surface area contributed by atoms with Gasteiger partial charge in [-0.05, 0) is 41.6 Å². The molecule has 0 bridgehead atoms. The fourth-order valence-electron chi connectivity index (χ4n) is 1.45. The second-order valence-electron chi connectivity index (χ2n) is 3.85. The van der Waals surface area contributed by atoms with Gasteiger partial charge in [0.2, 0.25) is 0 Å². The zero-order chi connectivity index (χ0) is 14.4. The fraction of sp³-hybridized carbons (Fsp3) is 0.0714. The second kappa shape index (κ2) is 6.47. The molecule has 0 amide bonds. The molecular weight excluding hydrogens is 285 g/mol. The second-order valence-corrected chi connectivity index (χ2v) is 4.99. The van der Waals surface area contributed by atoms with E-state index in [0.717, 1.165) is 11.3 Å². The van der Waals surface area contributed by atoms with E-state index in [-0.39, 0.29) is 16.7 Å². The number of thioether (sulfide) groups is 1. The van der Waals surface area contributed by atoms with Crippen LogP contribution in [0.25, 0.3) is 0 Å². The van der Waals surface area contributed by atoms with Crippen LogP contribution in [0.2, 0.25) is 0 Å².